The maximum atomic E-state index is 14.3. The minimum absolute atomic E-state index is 0.170. The van der Waals surface area contributed by atoms with Gasteiger partial charge in [-0.1, -0.05) is 11.6 Å². The molecule has 0 saturated heterocycles. The molecule has 0 N–H and O–H groups in total. The largest absolute Gasteiger partial charge is 0.457 e. The van der Waals surface area contributed by atoms with Crippen LogP contribution < -0.4 is 16.0 Å². The minimum atomic E-state index is -4.94. The molecule has 0 radical (unpaired) electrons. The SMILES string of the molecule is CCOC(=S)Oc1cc(-n2c(=O)cc(C(F)(F)F)n(C)c2=O)c(F)cc1Cl. The van der Waals surface area contributed by atoms with E-state index in [1.807, 2.05) is 0 Å². The van der Waals surface area contributed by atoms with E-state index in [4.69, 9.17) is 33.3 Å². The zero-order valence-electron chi connectivity index (χ0n) is 13.8. The topological polar surface area (TPSA) is 62.5 Å². The van der Waals surface area contributed by atoms with Gasteiger partial charge in [0.2, 0.25) is 0 Å². The monoisotopic (exact) mass is 426 g/mol. The van der Waals surface area contributed by atoms with Crippen LogP contribution in [0.15, 0.2) is 27.8 Å². The van der Waals surface area contributed by atoms with Crippen LogP contribution in [0.5, 0.6) is 5.75 Å². The first kappa shape index (κ1) is 20.9. The van der Waals surface area contributed by atoms with Gasteiger partial charge in [-0.2, -0.15) is 13.2 Å². The second kappa shape index (κ2) is 7.69. The fraction of sp³-hybridized carbons (Fsp3) is 0.267. The van der Waals surface area contributed by atoms with E-state index in [-0.39, 0.29) is 37.8 Å². The Bertz CT molecular complexity index is 1020. The first-order chi connectivity index (χ1) is 12.5. The van der Waals surface area contributed by atoms with Crippen LogP contribution in [0.2, 0.25) is 5.02 Å². The summed E-state index contributed by atoms with van der Waals surface area (Å²) >= 11 is 10.6. The number of hydrogen-bond acceptors (Lipinski definition) is 5. The van der Waals surface area contributed by atoms with Crippen molar-refractivity contribution in [1.82, 2.24) is 9.13 Å². The summed E-state index contributed by atoms with van der Waals surface area (Å²) in [7, 11) is 0.802. The molecule has 0 amide bonds. The molecule has 12 heteroatoms. The van der Waals surface area contributed by atoms with Gasteiger partial charge in [-0.15, -0.1) is 0 Å². The molecule has 0 aliphatic heterocycles. The smallest absolute Gasteiger partial charge is 0.431 e. The van der Waals surface area contributed by atoms with Crippen molar-refractivity contribution >= 4 is 29.1 Å². The molecule has 0 bridgehead atoms. The molecule has 0 fully saturated rings. The van der Waals surface area contributed by atoms with Crippen LogP contribution in [0.25, 0.3) is 5.69 Å². The average Bonchev–Trinajstić information content (AvgIpc) is 2.54. The van der Waals surface area contributed by atoms with Crippen molar-refractivity contribution in [2.75, 3.05) is 6.61 Å². The third kappa shape index (κ3) is 4.30. The number of aromatic nitrogens is 2. The summed E-state index contributed by atoms with van der Waals surface area (Å²) in [5.74, 6) is -1.38. The number of hydrogen-bond donors (Lipinski definition) is 0. The number of rotatable bonds is 3. The second-order valence-corrected chi connectivity index (χ2v) is 5.80. The Balaban J connectivity index is 2.69. The highest BCUT2D eigenvalue weighted by molar-refractivity contribution is 7.79. The van der Waals surface area contributed by atoms with Crippen molar-refractivity contribution < 1.29 is 27.0 Å². The Morgan fingerprint density at radius 1 is 1.26 bits per heavy atom. The van der Waals surface area contributed by atoms with Crippen LogP contribution in [0.1, 0.15) is 12.6 Å². The fourth-order valence-electron chi connectivity index (χ4n) is 2.12. The summed E-state index contributed by atoms with van der Waals surface area (Å²) in [6, 6.07) is 1.77. The van der Waals surface area contributed by atoms with Gasteiger partial charge in [-0.05, 0) is 13.0 Å². The number of alkyl halides is 3. The molecule has 0 aliphatic carbocycles. The number of benzene rings is 1. The first-order valence-corrected chi connectivity index (χ1v) is 8.00. The summed E-state index contributed by atoms with van der Waals surface area (Å²) in [5, 5.41) is -0.611. The lowest BCUT2D eigenvalue weighted by Gasteiger charge is -2.15. The van der Waals surface area contributed by atoms with Gasteiger partial charge in [0.25, 0.3) is 5.56 Å². The van der Waals surface area contributed by atoms with Crippen LogP contribution in [-0.4, -0.2) is 21.0 Å². The maximum absolute atomic E-state index is 14.3. The number of nitrogens with zero attached hydrogens (tertiary/aromatic N) is 2. The molecule has 0 atom stereocenters. The molecule has 6 nitrogen and oxygen atoms in total. The van der Waals surface area contributed by atoms with Crippen LogP contribution in [0.3, 0.4) is 0 Å². The Labute approximate surface area is 159 Å². The number of halogens is 5. The predicted octanol–water partition coefficient (Wildman–Crippen LogP) is 3.05. The van der Waals surface area contributed by atoms with Gasteiger partial charge >= 0.3 is 17.1 Å². The zero-order chi connectivity index (χ0) is 20.5. The van der Waals surface area contributed by atoms with Gasteiger partial charge in [-0.25, -0.2) is 13.8 Å². The Morgan fingerprint density at radius 2 is 1.89 bits per heavy atom. The molecule has 1 aromatic heterocycles. The van der Waals surface area contributed by atoms with Gasteiger partial charge < -0.3 is 9.47 Å². The first-order valence-electron chi connectivity index (χ1n) is 7.21. The highest BCUT2D eigenvalue weighted by atomic mass is 35.5. The molecule has 1 aromatic carbocycles. The molecule has 0 unspecified atom stereocenters. The molecule has 2 rings (SSSR count). The molecular formula is C15H11ClF4N2O4S. The van der Waals surface area contributed by atoms with Crippen molar-refractivity contribution in [1.29, 1.82) is 0 Å². The van der Waals surface area contributed by atoms with Crippen LogP contribution >= 0.6 is 23.8 Å². The van der Waals surface area contributed by atoms with Crippen molar-refractivity contribution in [3.63, 3.8) is 0 Å². The second-order valence-electron chi connectivity index (χ2n) is 5.06. The molecule has 0 saturated carbocycles. The molecule has 146 valence electrons. The average molecular weight is 427 g/mol. The third-order valence-corrected chi connectivity index (χ3v) is 3.80. The summed E-state index contributed by atoms with van der Waals surface area (Å²) in [5.41, 5.74) is -4.93. The molecule has 0 aliphatic rings. The fourth-order valence-corrected chi connectivity index (χ4v) is 2.52. The van der Waals surface area contributed by atoms with E-state index >= 15 is 0 Å². The van der Waals surface area contributed by atoms with Crippen molar-refractivity contribution in [3.8, 4) is 11.4 Å². The molecule has 0 spiro atoms. The van der Waals surface area contributed by atoms with Gasteiger partial charge in [0.05, 0.1) is 17.3 Å². The van der Waals surface area contributed by atoms with Gasteiger partial charge in [0, 0.05) is 31.4 Å². The van der Waals surface area contributed by atoms with Crippen LogP contribution in [-0.2, 0) is 18.0 Å². The van der Waals surface area contributed by atoms with Gasteiger partial charge in [-0.3, -0.25) is 9.36 Å². The molecular weight excluding hydrogens is 416 g/mol. The Morgan fingerprint density at radius 3 is 2.44 bits per heavy atom. The third-order valence-electron chi connectivity index (χ3n) is 3.31. The van der Waals surface area contributed by atoms with Crippen molar-refractivity contribution in [3.05, 3.63) is 55.6 Å². The normalized spacial score (nSPS) is 11.4. The van der Waals surface area contributed by atoms with Crippen LogP contribution in [0, 0.1) is 5.82 Å². The molecule has 27 heavy (non-hydrogen) atoms. The lowest BCUT2D eigenvalue weighted by atomic mass is 10.2. The van der Waals surface area contributed by atoms with E-state index in [1.54, 1.807) is 6.92 Å². The molecule has 1 heterocycles. The van der Waals surface area contributed by atoms with E-state index in [9.17, 15) is 27.2 Å². The summed E-state index contributed by atoms with van der Waals surface area (Å²) in [6.45, 7) is 1.79. The van der Waals surface area contributed by atoms with Crippen LogP contribution in [0.4, 0.5) is 17.6 Å². The lowest BCUT2D eigenvalue weighted by molar-refractivity contribution is -0.144. The highest BCUT2D eigenvalue weighted by Gasteiger charge is 2.35. The Hall–Kier alpha value is -2.40. The summed E-state index contributed by atoms with van der Waals surface area (Å²) < 4.78 is 63.4. The summed E-state index contributed by atoms with van der Waals surface area (Å²) in [6.07, 6.45) is -4.94. The van der Waals surface area contributed by atoms with E-state index < -0.39 is 34.6 Å². The van der Waals surface area contributed by atoms with Gasteiger partial charge in [0.15, 0.2) is 5.75 Å². The van der Waals surface area contributed by atoms with Gasteiger partial charge in [0.1, 0.15) is 11.5 Å². The van der Waals surface area contributed by atoms with E-state index in [2.05, 4.69) is 0 Å². The maximum Gasteiger partial charge on any atom is 0.431 e. The summed E-state index contributed by atoms with van der Waals surface area (Å²) in [4.78, 5) is 24.4. The van der Waals surface area contributed by atoms with E-state index in [1.165, 1.54) is 0 Å². The highest BCUT2D eigenvalue weighted by Crippen LogP contribution is 2.30. The standard InChI is InChI=1S/C15H11ClF4N2O4S/c1-3-25-14(27)26-10-5-9(8(17)4-7(10)16)22-12(23)6-11(15(18,19)20)21(2)13(22)24/h4-6H,3H2,1-2H3. The molecule has 2 aromatic rings. The van der Waals surface area contributed by atoms with E-state index in [0.717, 1.165) is 19.2 Å². The Kier molecular flexibility index (Phi) is 5.95. The minimum Gasteiger partial charge on any atom is -0.457 e. The zero-order valence-corrected chi connectivity index (χ0v) is 15.3. The van der Waals surface area contributed by atoms with Crippen molar-refractivity contribution in [2.45, 2.75) is 13.1 Å². The quantitative estimate of drug-likeness (QED) is 0.557. The van der Waals surface area contributed by atoms with E-state index in [0.29, 0.717) is 0 Å². The van der Waals surface area contributed by atoms with Crippen molar-refractivity contribution in [2.24, 2.45) is 7.05 Å². The lowest BCUT2D eigenvalue weighted by Crippen LogP contribution is -2.41. The predicted molar refractivity (Wildman–Crippen MR) is 92.1 cm³/mol. The number of thiocarbonyl (C=S) groups is 1. The number of ether oxygens (including phenoxy) is 2.